The summed E-state index contributed by atoms with van der Waals surface area (Å²) in [6, 6.07) is 11.6. The summed E-state index contributed by atoms with van der Waals surface area (Å²) in [7, 11) is 1.45. The predicted molar refractivity (Wildman–Crippen MR) is 116 cm³/mol. The number of carboxylic acids is 2. The normalized spacial score (nSPS) is 10.5. The molecule has 5 N–H and O–H groups in total. The van der Waals surface area contributed by atoms with E-state index in [2.05, 4.69) is 20.9 Å². The molecule has 0 bridgehead atoms. The molecule has 0 unspecified atom stereocenters. The molecule has 31 heavy (non-hydrogen) atoms. The number of aromatic nitrogens is 1. The SMILES string of the molecule is COc1ccc(-c2c(C(=O)O)c(N)[nH]c(=O)c2C(=O)O)cc1COc1ccc(Br)cc1. The lowest BCUT2D eigenvalue weighted by atomic mass is 9.94. The van der Waals surface area contributed by atoms with Crippen molar-refractivity contribution in [2.24, 2.45) is 0 Å². The zero-order chi connectivity index (χ0) is 22.7. The van der Waals surface area contributed by atoms with E-state index in [0.717, 1.165) is 4.47 Å². The first-order chi connectivity index (χ1) is 14.7. The molecule has 0 saturated heterocycles. The van der Waals surface area contributed by atoms with Gasteiger partial charge in [0.05, 0.1) is 7.11 Å². The Hall–Kier alpha value is -3.79. The van der Waals surface area contributed by atoms with E-state index in [-0.39, 0.29) is 17.7 Å². The number of carboxylic acid groups (broad SMARTS) is 2. The third-order valence-electron chi connectivity index (χ3n) is 4.45. The summed E-state index contributed by atoms with van der Waals surface area (Å²) in [6.45, 7) is 0.0438. The van der Waals surface area contributed by atoms with Crippen molar-refractivity contribution in [2.45, 2.75) is 6.61 Å². The van der Waals surface area contributed by atoms with E-state index < -0.39 is 34.4 Å². The number of H-pyrrole nitrogens is 1. The molecule has 0 fully saturated rings. The summed E-state index contributed by atoms with van der Waals surface area (Å²) in [5.41, 5.74) is 3.83. The van der Waals surface area contributed by atoms with Gasteiger partial charge in [-0.15, -0.1) is 0 Å². The van der Waals surface area contributed by atoms with Gasteiger partial charge < -0.3 is 30.4 Å². The Balaban J connectivity index is 2.14. The first-order valence-electron chi connectivity index (χ1n) is 8.81. The molecule has 0 aliphatic rings. The minimum Gasteiger partial charge on any atom is -0.496 e. The quantitative estimate of drug-likeness (QED) is 0.394. The van der Waals surface area contributed by atoms with Gasteiger partial charge in [-0.25, -0.2) is 9.59 Å². The first-order valence-corrected chi connectivity index (χ1v) is 9.60. The molecule has 0 aliphatic carbocycles. The average molecular weight is 489 g/mol. The highest BCUT2D eigenvalue weighted by Gasteiger charge is 2.27. The van der Waals surface area contributed by atoms with Crippen molar-refractivity contribution in [1.82, 2.24) is 4.98 Å². The van der Waals surface area contributed by atoms with Crippen molar-refractivity contribution in [3.8, 4) is 22.6 Å². The van der Waals surface area contributed by atoms with Gasteiger partial charge in [-0.05, 0) is 42.0 Å². The summed E-state index contributed by atoms with van der Waals surface area (Å²) < 4.78 is 12.0. The van der Waals surface area contributed by atoms with Crippen molar-refractivity contribution in [3.63, 3.8) is 0 Å². The monoisotopic (exact) mass is 488 g/mol. The molecular weight excluding hydrogens is 472 g/mol. The highest BCUT2D eigenvalue weighted by atomic mass is 79.9. The van der Waals surface area contributed by atoms with Crippen molar-refractivity contribution < 1.29 is 29.3 Å². The zero-order valence-electron chi connectivity index (χ0n) is 16.1. The van der Waals surface area contributed by atoms with Crippen molar-refractivity contribution in [3.05, 3.63) is 74.0 Å². The minimum absolute atomic E-state index is 0.0438. The van der Waals surface area contributed by atoms with Crippen molar-refractivity contribution in [1.29, 1.82) is 0 Å². The van der Waals surface area contributed by atoms with E-state index in [1.54, 1.807) is 24.3 Å². The van der Waals surface area contributed by atoms with Crippen molar-refractivity contribution in [2.75, 3.05) is 12.8 Å². The summed E-state index contributed by atoms with van der Waals surface area (Å²) in [6.07, 6.45) is 0. The lowest BCUT2D eigenvalue weighted by Crippen LogP contribution is -2.24. The second-order valence-electron chi connectivity index (χ2n) is 6.37. The molecule has 1 aromatic heterocycles. The van der Waals surface area contributed by atoms with E-state index in [1.807, 2.05) is 0 Å². The standard InChI is InChI=1S/C21H17BrN2O7/c1-30-14-7-2-10(8-11(14)9-31-13-5-3-12(22)4-6-13)15-16(20(26)27)18(23)24-19(25)17(15)21(28)29/h2-8H,9H2,1H3,(H,26,27)(H,28,29)(H3,23,24,25). The second kappa shape index (κ2) is 8.92. The fraction of sp³-hybridized carbons (Fsp3) is 0.0952. The molecular formula is C21H17BrN2O7. The Kier molecular flexibility index (Phi) is 6.30. The molecule has 160 valence electrons. The number of nitrogens with two attached hydrogens (primary N) is 1. The molecule has 0 amide bonds. The summed E-state index contributed by atoms with van der Waals surface area (Å²) in [4.78, 5) is 37.9. The maximum atomic E-state index is 12.2. The van der Waals surface area contributed by atoms with E-state index in [9.17, 15) is 24.6 Å². The molecule has 3 aromatic rings. The lowest BCUT2D eigenvalue weighted by Gasteiger charge is -2.15. The van der Waals surface area contributed by atoms with E-state index in [4.69, 9.17) is 15.2 Å². The van der Waals surface area contributed by atoms with E-state index in [0.29, 0.717) is 17.1 Å². The van der Waals surface area contributed by atoms with E-state index >= 15 is 0 Å². The molecule has 0 radical (unpaired) electrons. The molecule has 0 atom stereocenters. The van der Waals surface area contributed by atoms with Crippen LogP contribution in [0.3, 0.4) is 0 Å². The van der Waals surface area contributed by atoms with Gasteiger partial charge in [0.25, 0.3) is 5.56 Å². The number of pyridine rings is 1. The number of aromatic amines is 1. The second-order valence-corrected chi connectivity index (χ2v) is 7.29. The number of hydrogen-bond donors (Lipinski definition) is 4. The number of benzene rings is 2. The molecule has 9 nitrogen and oxygen atoms in total. The van der Waals surface area contributed by atoms with Crippen LogP contribution in [0.5, 0.6) is 11.5 Å². The highest BCUT2D eigenvalue weighted by Crippen LogP contribution is 2.33. The number of aromatic carboxylic acids is 2. The Morgan fingerprint density at radius 2 is 1.71 bits per heavy atom. The third-order valence-corrected chi connectivity index (χ3v) is 4.98. The number of anilines is 1. The van der Waals surface area contributed by atoms with Crippen LogP contribution >= 0.6 is 15.9 Å². The molecule has 0 aliphatic heterocycles. The van der Waals surface area contributed by atoms with Gasteiger partial charge >= 0.3 is 11.9 Å². The third kappa shape index (κ3) is 4.53. The Morgan fingerprint density at radius 1 is 1.06 bits per heavy atom. The van der Waals surface area contributed by atoms with Crippen LogP contribution in [0.1, 0.15) is 26.3 Å². The van der Waals surface area contributed by atoms with Crippen LogP contribution in [0.25, 0.3) is 11.1 Å². The first kappa shape index (κ1) is 21.9. The molecule has 10 heteroatoms. The van der Waals surface area contributed by atoms with Crippen LogP contribution < -0.4 is 20.8 Å². The number of hydrogen-bond acceptors (Lipinski definition) is 6. The summed E-state index contributed by atoms with van der Waals surface area (Å²) in [5.74, 6) is -2.49. The van der Waals surface area contributed by atoms with Crippen LogP contribution in [0, 0.1) is 0 Å². The molecule has 0 saturated carbocycles. The summed E-state index contributed by atoms with van der Waals surface area (Å²) in [5, 5.41) is 19.1. The molecule has 3 rings (SSSR count). The molecule has 0 spiro atoms. The number of carbonyl (C=O) groups is 2. The maximum absolute atomic E-state index is 12.2. The fourth-order valence-electron chi connectivity index (χ4n) is 3.07. The Labute approximate surface area is 184 Å². The van der Waals surface area contributed by atoms with Crippen LogP contribution in [0.2, 0.25) is 0 Å². The van der Waals surface area contributed by atoms with E-state index in [1.165, 1.54) is 25.3 Å². The van der Waals surface area contributed by atoms with Crippen molar-refractivity contribution >= 4 is 33.7 Å². The van der Waals surface area contributed by atoms with Gasteiger partial charge in [-0.1, -0.05) is 22.0 Å². The number of ether oxygens (including phenoxy) is 2. The molecule has 2 aromatic carbocycles. The van der Waals surface area contributed by atoms with Crippen LogP contribution in [-0.2, 0) is 6.61 Å². The van der Waals surface area contributed by atoms with Gasteiger partial charge in [0.2, 0.25) is 0 Å². The average Bonchev–Trinajstić information content (AvgIpc) is 2.71. The minimum atomic E-state index is -1.58. The van der Waals surface area contributed by atoms with Gasteiger partial charge in [-0.3, -0.25) is 4.79 Å². The number of methoxy groups -OCH3 is 1. The largest absolute Gasteiger partial charge is 0.496 e. The number of halogens is 1. The van der Waals surface area contributed by atoms with Gasteiger partial charge in [-0.2, -0.15) is 0 Å². The van der Waals surface area contributed by atoms with Gasteiger partial charge in [0.1, 0.15) is 35.1 Å². The maximum Gasteiger partial charge on any atom is 0.342 e. The zero-order valence-corrected chi connectivity index (χ0v) is 17.7. The van der Waals surface area contributed by atoms with Gasteiger partial charge in [0, 0.05) is 15.6 Å². The Bertz CT molecular complexity index is 1220. The Morgan fingerprint density at radius 3 is 2.29 bits per heavy atom. The number of nitrogens with one attached hydrogen (secondary N) is 1. The topological polar surface area (TPSA) is 152 Å². The smallest absolute Gasteiger partial charge is 0.342 e. The van der Waals surface area contributed by atoms with Crippen LogP contribution in [-0.4, -0.2) is 34.2 Å². The highest BCUT2D eigenvalue weighted by molar-refractivity contribution is 9.10. The fourth-order valence-corrected chi connectivity index (χ4v) is 3.34. The van der Waals surface area contributed by atoms with Crippen LogP contribution in [0.4, 0.5) is 5.82 Å². The van der Waals surface area contributed by atoms with Crippen LogP contribution in [0.15, 0.2) is 51.7 Å². The lowest BCUT2D eigenvalue weighted by molar-refractivity contribution is 0.0695. The number of nitrogen functional groups attached to an aromatic ring is 1. The summed E-state index contributed by atoms with van der Waals surface area (Å²) >= 11 is 3.34. The number of rotatable bonds is 7. The predicted octanol–water partition coefficient (Wildman–Crippen LogP) is 3.37. The van der Waals surface area contributed by atoms with Gasteiger partial charge in [0.15, 0.2) is 0 Å². The molecule has 1 heterocycles.